The minimum Gasteiger partial charge on any atom is -0.303 e. The number of aryl methyl sites for hydroxylation is 1. The van der Waals surface area contributed by atoms with Gasteiger partial charge >= 0.3 is 0 Å². The maximum Gasteiger partial charge on any atom is 0.00130 e. The van der Waals surface area contributed by atoms with E-state index in [9.17, 15) is 0 Å². The molecule has 1 heteroatoms. The first kappa shape index (κ1) is 9.41. The second-order valence-corrected chi connectivity index (χ2v) is 5.10. The van der Waals surface area contributed by atoms with Crippen molar-refractivity contribution in [2.45, 2.75) is 19.3 Å². The molecule has 15 heavy (non-hydrogen) atoms. The summed E-state index contributed by atoms with van der Waals surface area (Å²) in [6.07, 6.45) is 4.09. The summed E-state index contributed by atoms with van der Waals surface area (Å²) in [6.45, 7) is 4.08. The van der Waals surface area contributed by atoms with Crippen LogP contribution in [0.1, 0.15) is 18.4 Å². The van der Waals surface area contributed by atoms with Crippen LogP contribution < -0.4 is 0 Å². The van der Waals surface area contributed by atoms with Gasteiger partial charge in [0.15, 0.2) is 0 Å². The molecule has 2 unspecified atom stereocenters. The van der Waals surface area contributed by atoms with Gasteiger partial charge in [-0.1, -0.05) is 30.3 Å². The number of hydrogen-bond acceptors (Lipinski definition) is 1. The van der Waals surface area contributed by atoms with Gasteiger partial charge in [0.1, 0.15) is 0 Å². The van der Waals surface area contributed by atoms with Crippen LogP contribution in [0.4, 0.5) is 0 Å². The first-order valence-corrected chi connectivity index (χ1v) is 6.18. The van der Waals surface area contributed by atoms with Gasteiger partial charge in [0.2, 0.25) is 0 Å². The Labute approximate surface area is 92.1 Å². The molecule has 0 aromatic heterocycles. The van der Waals surface area contributed by atoms with E-state index >= 15 is 0 Å². The number of nitrogens with zero attached hydrogens (tertiary/aromatic N) is 1. The zero-order valence-corrected chi connectivity index (χ0v) is 9.23. The third-order valence-corrected chi connectivity index (χ3v) is 3.84. The van der Waals surface area contributed by atoms with Crippen molar-refractivity contribution >= 4 is 0 Å². The molecule has 1 heterocycles. The fourth-order valence-electron chi connectivity index (χ4n) is 2.83. The summed E-state index contributed by atoms with van der Waals surface area (Å²) in [5, 5.41) is 0. The fraction of sp³-hybridized carbons (Fsp3) is 0.571. The number of fused-ring (bicyclic) bond motifs is 1. The highest BCUT2D eigenvalue weighted by atomic mass is 15.2. The van der Waals surface area contributed by atoms with Crippen molar-refractivity contribution in [1.29, 1.82) is 0 Å². The van der Waals surface area contributed by atoms with E-state index in [2.05, 4.69) is 35.2 Å². The molecule has 0 radical (unpaired) electrons. The van der Waals surface area contributed by atoms with E-state index in [0.717, 1.165) is 11.8 Å². The number of likely N-dealkylation sites (tertiary alicyclic amines) is 1. The van der Waals surface area contributed by atoms with Crippen LogP contribution in [0, 0.1) is 11.8 Å². The van der Waals surface area contributed by atoms with E-state index in [-0.39, 0.29) is 0 Å². The third kappa shape index (κ3) is 2.23. The van der Waals surface area contributed by atoms with E-state index in [0.29, 0.717) is 0 Å². The summed E-state index contributed by atoms with van der Waals surface area (Å²) < 4.78 is 0. The molecule has 2 atom stereocenters. The van der Waals surface area contributed by atoms with Crippen molar-refractivity contribution < 1.29 is 0 Å². The van der Waals surface area contributed by atoms with E-state index in [4.69, 9.17) is 0 Å². The molecule has 1 nitrogen and oxygen atoms in total. The molecule has 1 aliphatic carbocycles. The molecule has 3 rings (SSSR count). The lowest BCUT2D eigenvalue weighted by Crippen LogP contribution is -2.24. The summed E-state index contributed by atoms with van der Waals surface area (Å²) in [5.41, 5.74) is 1.49. The van der Waals surface area contributed by atoms with Crippen LogP contribution in [0.15, 0.2) is 30.3 Å². The predicted octanol–water partition coefficient (Wildman–Crippen LogP) is 2.57. The van der Waals surface area contributed by atoms with E-state index in [1.54, 1.807) is 0 Å². The minimum absolute atomic E-state index is 1.08. The largest absolute Gasteiger partial charge is 0.303 e. The molecular weight excluding hydrogens is 182 g/mol. The lowest BCUT2D eigenvalue weighted by molar-refractivity contribution is 0.301. The van der Waals surface area contributed by atoms with E-state index in [1.807, 2.05) is 0 Å². The normalized spacial score (nSPS) is 29.1. The summed E-state index contributed by atoms with van der Waals surface area (Å²) in [6, 6.07) is 10.8. The highest BCUT2D eigenvalue weighted by molar-refractivity contribution is 5.14. The standard InChI is InChI=1S/C14H19N/c1-2-5-12(6-3-1)7-4-8-15-10-13-9-14(13)11-15/h1-3,5-6,13-14H,4,7-11H2. The van der Waals surface area contributed by atoms with E-state index < -0.39 is 0 Å². The smallest absolute Gasteiger partial charge is 0.00130 e. The van der Waals surface area contributed by atoms with Crippen molar-refractivity contribution in [2.75, 3.05) is 19.6 Å². The molecule has 1 aliphatic heterocycles. The average molecular weight is 201 g/mol. The SMILES string of the molecule is c1ccc(CCCN2CC3CC3C2)cc1. The quantitative estimate of drug-likeness (QED) is 0.723. The summed E-state index contributed by atoms with van der Waals surface area (Å²) in [7, 11) is 0. The maximum atomic E-state index is 2.65. The summed E-state index contributed by atoms with van der Waals surface area (Å²) >= 11 is 0. The van der Waals surface area contributed by atoms with Crippen LogP contribution in [0.3, 0.4) is 0 Å². The second kappa shape index (κ2) is 3.97. The molecule has 2 fully saturated rings. The lowest BCUT2D eigenvalue weighted by Gasteiger charge is -2.16. The molecule has 80 valence electrons. The fourth-order valence-corrected chi connectivity index (χ4v) is 2.83. The number of rotatable bonds is 4. The van der Waals surface area contributed by atoms with Crippen molar-refractivity contribution in [3.8, 4) is 0 Å². The third-order valence-electron chi connectivity index (χ3n) is 3.84. The van der Waals surface area contributed by atoms with Gasteiger partial charge in [0.25, 0.3) is 0 Å². The van der Waals surface area contributed by atoms with Crippen molar-refractivity contribution in [3.05, 3.63) is 35.9 Å². The summed E-state index contributed by atoms with van der Waals surface area (Å²) in [4.78, 5) is 2.65. The Bertz CT molecular complexity index is 309. The van der Waals surface area contributed by atoms with Crippen LogP contribution in [0.2, 0.25) is 0 Å². The maximum absolute atomic E-state index is 2.65. The molecule has 0 spiro atoms. The molecular formula is C14H19N. The Morgan fingerprint density at radius 2 is 1.80 bits per heavy atom. The van der Waals surface area contributed by atoms with Gasteiger partial charge < -0.3 is 4.90 Å². The Kier molecular flexibility index (Phi) is 2.49. The van der Waals surface area contributed by atoms with Crippen LogP contribution in [0.25, 0.3) is 0 Å². The zero-order valence-electron chi connectivity index (χ0n) is 9.23. The van der Waals surface area contributed by atoms with Gasteiger partial charge in [-0.25, -0.2) is 0 Å². The zero-order chi connectivity index (χ0) is 10.1. The minimum atomic E-state index is 1.08. The van der Waals surface area contributed by atoms with Crippen LogP contribution in [-0.4, -0.2) is 24.5 Å². The monoisotopic (exact) mass is 201 g/mol. The predicted molar refractivity (Wildman–Crippen MR) is 62.8 cm³/mol. The Morgan fingerprint density at radius 1 is 1.07 bits per heavy atom. The molecule has 0 amide bonds. The average Bonchev–Trinajstić information content (AvgIpc) is 2.88. The highest BCUT2D eigenvalue weighted by Gasteiger charge is 2.44. The Morgan fingerprint density at radius 3 is 2.53 bits per heavy atom. The first-order chi connectivity index (χ1) is 7.42. The molecule has 1 saturated carbocycles. The van der Waals surface area contributed by atoms with Gasteiger partial charge in [0.05, 0.1) is 0 Å². The van der Waals surface area contributed by atoms with Gasteiger partial charge in [-0.05, 0) is 43.2 Å². The van der Waals surface area contributed by atoms with Crippen molar-refractivity contribution in [1.82, 2.24) is 4.90 Å². The lowest BCUT2D eigenvalue weighted by atomic mass is 10.1. The molecule has 0 bridgehead atoms. The summed E-state index contributed by atoms with van der Waals surface area (Å²) in [5.74, 6) is 2.17. The number of hydrogen-bond donors (Lipinski definition) is 0. The van der Waals surface area contributed by atoms with Crippen molar-refractivity contribution in [3.63, 3.8) is 0 Å². The Balaban J connectivity index is 1.40. The van der Waals surface area contributed by atoms with Gasteiger partial charge in [-0.3, -0.25) is 0 Å². The molecule has 1 aromatic rings. The van der Waals surface area contributed by atoms with Crippen LogP contribution >= 0.6 is 0 Å². The number of piperidine rings is 1. The first-order valence-electron chi connectivity index (χ1n) is 6.18. The molecule has 1 aromatic carbocycles. The van der Waals surface area contributed by atoms with Crippen LogP contribution in [0.5, 0.6) is 0 Å². The van der Waals surface area contributed by atoms with Crippen LogP contribution in [-0.2, 0) is 6.42 Å². The topological polar surface area (TPSA) is 3.24 Å². The molecule has 1 saturated heterocycles. The van der Waals surface area contributed by atoms with Gasteiger partial charge in [0, 0.05) is 13.1 Å². The van der Waals surface area contributed by atoms with Crippen molar-refractivity contribution in [2.24, 2.45) is 11.8 Å². The Hall–Kier alpha value is -0.820. The van der Waals surface area contributed by atoms with Gasteiger partial charge in [-0.15, -0.1) is 0 Å². The molecule has 2 aliphatic rings. The van der Waals surface area contributed by atoms with Gasteiger partial charge in [-0.2, -0.15) is 0 Å². The molecule has 0 N–H and O–H groups in total. The van der Waals surface area contributed by atoms with E-state index in [1.165, 1.54) is 44.5 Å². The second-order valence-electron chi connectivity index (χ2n) is 5.10. The highest BCUT2D eigenvalue weighted by Crippen LogP contribution is 2.44. The number of benzene rings is 1.